The van der Waals surface area contributed by atoms with Gasteiger partial charge < -0.3 is 15.4 Å². The van der Waals surface area contributed by atoms with Crippen molar-refractivity contribution in [3.05, 3.63) is 42.2 Å². The van der Waals surface area contributed by atoms with Crippen LogP contribution < -0.4 is 10.6 Å². The molecule has 5 nitrogen and oxygen atoms in total. The number of methoxy groups -OCH3 is 1. The molecule has 1 atom stereocenters. The number of hydrogen-bond acceptors (Lipinski definition) is 5. The molecule has 0 aromatic carbocycles. The second-order valence-corrected chi connectivity index (χ2v) is 9.39. The van der Waals surface area contributed by atoms with Crippen molar-refractivity contribution in [2.45, 2.75) is 64.0 Å². The molecule has 0 saturated heterocycles. The minimum atomic E-state index is -0.287. The molecule has 2 aromatic heterocycles. The highest BCUT2D eigenvalue weighted by Gasteiger charge is 2.23. The average Bonchev–Trinajstić information content (AvgIpc) is 3.60. The number of hydrogen-bond donors (Lipinski definition) is 2. The Morgan fingerprint density at radius 3 is 2.58 bits per heavy atom. The highest BCUT2D eigenvalue weighted by Crippen LogP contribution is 2.31. The second-order valence-electron chi connectivity index (χ2n) is 9.39. The summed E-state index contributed by atoms with van der Waals surface area (Å²) in [4.78, 5) is 8.72. The molecule has 0 amide bonds. The van der Waals surface area contributed by atoms with Gasteiger partial charge in [0, 0.05) is 55.0 Å². The third-order valence-electron chi connectivity index (χ3n) is 6.53. The third kappa shape index (κ3) is 6.47. The van der Waals surface area contributed by atoms with Gasteiger partial charge in [0.2, 0.25) is 0 Å². The Bertz CT molecular complexity index is 849. The number of halogens is 1. The Morgan fingerprint density at radius 2 is 1.84 bits per heavy atom. The summed E-state index contributed by atoms with van der Waals surface area (Å²) in [5, 5.41) is 7.09. The number of nitrogens with zero attached hydrogens (tertiary/aromatic N) is 2. The van der Waals surface area contributed by atoms with Crippen LogP contribution in [-0.2, 0) is 11.2 Å². The Balaban J connectivity index is 1.35. The second kappa shape index (κ2) is 10.5. The monoisotopic (exact) mass is 426 g/mol. The first-order valence-electron chi connectivity index (χ1n) is 11.7. The average molecular weight is 427 g/mol. The molecule has 2 aliphatic rings. The highest BCUT2D eigenvalue weighted by molar-refractivity contribution is 5.67. The maximum absolute atomic E-state index is 14.6. The van der Waals surface area contributed by atoms with Crippen LogP contribution in [0.15, 0.2) is 30.7 Å². The predicted molar refractivity (Wildman–Crippen MR) is 123 cm³/mol. The van der Waals surface area contributed by atoms with Gasteiger partial charge in [-0.05, 0) is 75.8 Å². The van der Waals surface area contributed by atoms with Crippen LogP contribution in [0, 0.1) is 17.7 Å². The SMILES string of the molecule is COC[C@@H](C)NC1CCC(Cc2cc(-c3cncc(NCC4CC4)c3)c(F)cn2)CC1. The van der Waals surface area contributed by atoms with Gasteiger partial charge in [0.05, 0.1) is 18.5 Å². The van der Waals surface area contributed by atoms with Crippen molar-refractivity contribution >= 4 is 5.69 Å². The number of pyridine rings is 2. The van der Waals surface area contributed by atoms with Crippen LogP contribution in [0.1, 0.15) is 51.1 Å². The summed E-state index contributed by atoms with van der Waals surface area (Å²) in [6.07, 6.45) is 13.1. The van der Waals surface area contributed by atoms with E-state index in [-0.39, 0.29) is 5.82 Å². The lowest BCUT2D eigenvalue weighted by Crippen LogP contribution is -2.41. The lowest BCUT2D eigenvalue weighted by molar-refractivity contribution is 0.158. The normalized spacial score (nSPS) is 22.3. The van der Waals surface area contributed by atoms with Crippen LogP contribution in [-0.4, -0.2) is 42.3 Å². The van der Waals surface area contributed by atoms with Crippen LogP contribution in [0.2, 0.25) is 0 Å². The summed E-state index contributed by atoms with van der Waals surface area (Å²) in [6.45, 7) is 3.89. The zero-order valence-corrected chi connectivity index (χ0v) is 18.7. The fourth-order valence-electron chi connectivity index (χ4n) is 4.61. The van der Waals surface area contributed by atoms with E-state index in [1.54, 1.807) is 13.3 Å². The molecule has 2 fully saturated rings. The highest BCUT2D eigenvalue weighted by atomic mass is 19.1. The Hall–Kier alpha value is -2.05. The molecule has 0 aliphatic heterocycles. The van der Waals surface area contributed by atoms with Gasteiger partial charge in [-0.2, -0.15) is 0 Å². The molecule has 2 aliphatic carbocycles. The fourth-order valence-corrected chi connectivity index (χ4v) is 4.61. The molecule has 6 heteroatoms. The van der Waals surface area contributed by atoms with E-state index in [4.69, 9.17) is 4.74 Å². The van der Waals surface area contributed by atoms with Gasteiger partial charge in [0.15, 0.2) is 0 Å². The summed E-state index contributed by atoms with van der Waals surface area (Å²) < 4.78 is 19.8. The van der Waals surface area contributed by atoms with E-state index < -0.39 is 0 Å². The van der Waals surface area contributed by atoms with Gasteiger partial charge in [0.25, 0.3) is 0 Å². The molecule has 0 unspecified atom stereocenters. The van der Waals surface area contributed by atoms with E-state index in [1.807, 2.05) is 18.3 Å². The molecule has 0 spiro atoms. The summed E-state index contributed by atoms with van der Waals surface area (Å²) >= 11 is 0. The summed E-state index contributed by atoms with van der Waals surface area (Å²) in [5.41, 5.74) is 3.32. The smallest absolute Gasteiger partial charge is 0.149 e. The first kappa shape index (κ1) is 22.2. The topological polar surface area (TPSA) is 59.1 Å². The molecule has 168 valence electrons. The van der Waals surface area contributed by atoms with Gasteiger partial charge in [0.1, 0.15) is 5.82 Å². The van der Waals surface area contributed by atoms with Crippen molar-refractivity contribution in [1.82, 2.24) is 15.3 Å². The van der Waals surface area contributed by atoms with Crippen molar-refractivity contribution in [3.63, 3.8) is 0 Å². The van der Waals surface area contributed by atoms with Crippen LogP contribution >= 0.6 is 0 Å². The van der Waals surface area contributed by atoms with Crippen LogP contribution in [0.5, 0.6) is 0 Å². The summed E-state index contributed by atoms with van der Waals surface area (Å²) in [6, 6.07) is 4.86. The molecule has 2 saturated carbocycles. The standard InChI is InChI=1S/C25H35FN4O/c1-17(16-31-2)30-21-7-5-18(6-8-21)9-22-11-24(25(26)15-29-22)20-10-23(14-27-13-20)28-12-19-3-4-19/h10-11,13-15,17-19,21,28,30H,3-9,12,16H2,1-2H3/t17-,18?,21?/m1/s1. The lowest BCUT2D eigenvalue weighted by Gasteiger charge is -2.31. The van der Waals surface area contributed by atoms with E-state index in [0.717, 1.165) is 42.4 Å². The van der Waals surface area contributed by atoms with Crippen molar-refractivity contribution in [2.75, 3.05) is 25.6 Å². The zero-order chi connectivity index (χ0) is 21.6. The maximum atomic E-state index is 14.6. The van der Waals surface area contributed by atoms with E-state index >= 15 is 0 Å². The number of aromatic nitrogens is 2. The predicted octanol–water partition coefficient (Wildman–Crippen LogP) is 4.83. The Labute approximate surface area is 185 Å². The van der Waals surface area contributed by atoms with Crippen molar-refractivity contribution in [1.29, 1.82) is 0 Å². The van der Waals surface area contributed by atoms with Crippen molar-refractivity contribution in [2.24, 2.45) is 11.8 Å². The summed E-state index contributed by atoms with van der Waals surface area (Å²) in [7, 11) is 1.75. The molecular weight excluding hydrogens is 391 g/mol. The quantitative estimate of drug-likeness (QED) is 0.570. The molecule has 4 rings (SSSR count). The van der Waals surface area contributed by atoms with Gasteiger partial charge in [-0.1, -0.05) is 0 Å². The lowest BCUT2D eigenvalue weighted by atomic mass is 9.83. The number of rotatable bonds is 10. The van der Waals surface area contributed by atoms with Gasteiger partial charge >= 0.3 is 0 Å². The molecular formula is C25H35FN4O. The van der Waals surface area contributed by atoms with E-state index in [2.05, 4.69) is 27.5 Å². The molecule has 0 bridgehead atoms. The summed E-state index contributed by atoms with van der Waals surface area (Å²) in [5.74, 6) is 1.09. The Morgan fingerprint density at radius 1 is 1.06 bits per heavy atom. The largest absolute Gasteiger partial charge is 0.384 e. The first-order valence-corrected chi connectivity index (χ1v) is 11.7. The maximum Gasteiger partial charge on any atom is 0.149 e. The minimum absolute atomic E-state index is 0.287. The van der Waals surface area contributed by atoms with Crippen molar-refractivity contribution < 1.29 is 9.13 Å². The molecule has 2 aromatic rings. The molecule has 0 radical (unpaired) electrons. The van der Waals surface area contributed by atoms with E-state index in [0.29, 0.717) is 23.6 Å². The number of nitrogens with one attached hydrogen (secondary N) is 2. The van der Waals surface area contributed by atoms with Crippen LogP contribution in [0.3, 0.4) is 0 Å². The fraction of sp³-hybridized carbons (Fsp3) is 0.600. The van der Waals surface area contributed by atoms with E-state index in [9.17, 15) is 4.39 Å². The zero-order valence-electron chi connectivity index (χ0n) is 18.7. The van der Waals surface area contributed by atoms with Crippen molar-refractivity contribution in [3.8, 4) is 11.1 Å². The molecule has 2 N–H and O–H groups in total. The number of ether oxygens (including phenoxy) is 1. The Kier molecular flexibility index (Phi) is 7.51. The molecule has 2 heterocycles. The third-order valence-corrected chi connectivity index (χ3v) is 6.53. The number of anilines is 1. The first-order chi connectivity index (χ1) is 15.1. The van der Waals surface area contributed by atoms with Gasteiger partial charge in [-0.15, -0.1) is 0 Å². The molecule has 31 heavy (non-hydrogen) atoms. The van der Waals surface area contributed by atoms with Crippen LogP contribution in [0.25, 0.3) is 11.1 Å². The minimum Gasteiger partial charge on any atom is -0.384 e. The van der Waals surface area contributed by atoms with Gasteiger partial charge in [-0.3, -0.25) is 9.97 Å². The van der Waals surface area contributed by atoms with E-state index in [1.165, 1.54) is 44.7 Å². The van der Waals surface area contributed by atoms with Crippen LogP contribution in [0.4, 0.5) is 10.1 Å². The van der Waals surface area contributed by atoms with Gasteiger partial charge in [-0.25, -0.2) is 4.39 Å².